The van der Waals surface area contributed by atoms with E-state index < -0.39 is 6.36 Å². The van der Waals surface area contributed by atoms with Gasteiger partial charge in [0.05, 0.1) is 0 Å². The third-order valence-electron chi connectivity index (χ3n) is 3.01. The highest BCUT2D eigenvalue weighted by atomic mass is 19.4. The summed E-state index contributed by atoms with van der Waals surface area (Å²) in [6.07, 6.45) is -3.72. The van der Waals surface area contributed by atoms with Crippen molar-refractivity contribution in [2.24, 2.45) is 0 Å². The van der Waals surface area contributed by atoms with Crippen molar-refractivity contribution in [3.05, 3.63) is 65.2 Å². The van der Waals surface area contributed by atoms with Crippen molar-refractivity contribution in [1.29, 1.82) is 0 Å². The molecule has 0 radical (unpaired) electrons. The molecule has 0 heterocycles. The van der Waals surface area contributed by atoms with Crippen LogP contribution in [0, 0.1) is 0 Å². The van der Waals surface area contributed by atoms with Gasteiger partial charge in [-0.1, -0.05) is 36.4 Å². The van der Waals surface area contributed by atoms with Crippen LogP contribution in [0.2, 0.25) is 0 Å². The highest BCUT2D eigenvalue weighted by molar-refractivity contribution is 5.78. The number of hydrogen-bond acceptors (Lipinski definition) is 2. The van der Waals surface area contributed by atoms with Crippen molar-refractivity contribution in [3.63, 3.8) is 0 Å². The number of ether oxygens (including phenoxy) is 1. The summed E-state index contributed by atoms with van der Waals surface area (Å²) in [7, 11) is 0. The molecule has 0 aliphatic carbocycles. The SMILES string of the molecule is CC(=O)Cc1cccc(Cc2ccc(OC(F)(F)F)cc2)c1. The van der Waals surface area contributed by atoms with Crippen molar-refractivity contribution in [1.82, 2.24) is 0 Å². The van der Waals surface area contributed by atoms with Crippen molar-refractivity contribution in [2.45, 2.75) is 26.1 Å². The summed E-state index contributed by atoms with van der Waals surface area (Å²) in [6.45, 7) is 1.53. The van der Waals surface area contributed by atoms with Crippen LogP contribution < -0.4 is 4.74 Å². The monoisotopic (exact) mass is 308 g/mol. The number of rotatable bonds is 5. The van der Waals surface area contributed by atoms with Crippen LogP contribution in [0.5, 0.6) is 5.75 Å². The van der Waals surface area contributed by atoms with Crippen LogP contribution in [0.3, 0.4) is 0 Å². The summed E-state index contributed by atoms with van der Waals surface area (Å²) >= 11 is 0. The van der Waals surface area contributed by atoms with Crippen LogP contribution in [0.1, 0.15) is 23.6 Å². The molecular weight excluding hydrogens is 293 g/mol. The Labute approximate surface area is 126 Å². The number of hydrogen-bond donors (Lipinski definition) is 0. The Kier molecular flexibility index (Phi) is 4.85. The molecule has 0 saturated heterocycles. The minimum absolute atomic E-state index is 0.0887. The predicted molar refractivity (Wildman–Crippen MR) is 76.8 cm³/mol. The predicted octanol–water partition coefficient (Wildman–Crippen LogP) is 4.31. The van der Waals surface area contributed by atoms with Gasteiger partial charge in [-0.3, -0.25) is 4.79 Å². The molecule has 0 unspecified atom stereocenters. The van der Waals surface area contributed by atoms with Gasteiger partial charge in [0.2, 0.25) is 0 Å². The summed E-state index contributed by atoms with van der Waals surface area (Å²) in [5, 5.41) is 0. The van der Waals surface area contributed by atoms with Crippen LogP contribution in [0.4, 0.5) is 13.2 Å². The van der Waals surface area contributed by atoms with Crippen LogP contribution in [0.15, 0.2) is 48.5 Å². The molecule has 0 amide bonds. The van der Waals surface area contributed by atoms with Crippen molar-refractivity contribution >= 4 is 5.78 Å². The maximum Gasteiger partial charge on any atom is 0.573 e. The summed E-state index contributed by atoms with van der Waals surface area (Å²) < 4.78 is 40.1. The number of halogens is 3. The molecule has 0 aliphatic rings. The largest absolute Gasteiger partial charge is 0.573 e. The fourth-order valence-corrected chi connectivity index (χ4v) is 2.18. The third-order valence-corrected chi connectivity index (χ3v) is 3.01. The van der Waals surface area contributed by atoms with Gasteiger partial charge < -0.3 is 4.74 Å². The van der Waals surface area contributed by atoms with Gasteiger partial charge in [-0.15, -0.1) is 13.2 Å². The zero-order valence-corrected chi connectivity index (χ0v) is 12.0. The summed E-state index contributed by atoms with van der Waals surface area (Å²) in [5.41, 5.74) is 2.81. The molecule has 0 bridgehead atoms. The van der Waals surface area contributed by atoms with Gasteiger partial charge in [0.15, 0.2) is 0 Å². The number of alkyl halides is 3. The molecule has 22 heavy (non-hydrogen) atoms. The molecule has 0 fully saturated rings. The van der Waals surface area contributed by atoms with Gasteiger partial charge in [-0.25, -0.2) is 0 Å². The highest BCUT2D eigenvalue weighted by Gasteiger charge is 2.30. The zero-order valence-electron chi connectivity index (χ0n) is 12.0. The number of carbonyl (C=O) groups is 1. The lowest BCUT2D eigenvalue weighted by molar-refractivity contribution is -0.274. The van der Waals surface area contributed by atoms with E-state index in [0.29, 0.717) is 12.8 Å². The van der Waals surface area contributed by atoms with E-state index in [-0.39, 0.29) is 11.5 Å². The van der Waals surface area contributed by atoms with Gasteiger partial charge in [0, 0.05) is 6.42 Å². The normalized spacial score (nSPS) is 11.3. The second-order valence-electron chi connectivity index (χ2n) is 5.07. The van der Waals surface area contributed by atoms with Crippen molar-refractivity contribution in [3.8, 4) is 5.75 Å². The standard InChI is InChI=1S/C17H15F3O2/c1-12(21)9-14-3-2-4-15(11-14)10-13-5-7-16(8-6-13)22-17(18,19)20/h2-8,11H,9-10H2,1H3. The number of ketones is 1. The summed E-state index contributed by atoms with van der Waals surface area (Å²) in [5.74, 6) is -0.146. The van der Waals surface area contributed by atoms with E-state index in [2.05, 4.69) is 4.74 Å². The topological polar surface area (TPSA) is 26.3 Å². The Bertz CT molecular complexity index is 646. The number of Topliss-reactive ketones (excluding diaryl/α,β-unsaturated/α-hetero) is 1. The van der Waals surface area contributed by atoms with E-state index in [9.17, 15) is 18.0 Å². The third kappa shape index (κ3) is 5.24. The quantitative estimate of drug-likeness (QED) is 0.823. The molecule has 0 aliphatic heterocycles. The molecule has 2 nitrogen and oxygen atoms in total. The molecule has 0 atom stereocenters. The Morgan fingerprint density at radius 2 is 1.64 bits per heavy atom. The van der Waals surface area contributed by atoms with Crippen molar-refractivity contribution < 1.29 is 22.7 Å². The average molecular weight is 308 g/mol. The molecule has 0 aromatic heterocycles. The van der Waals surface area contributed by atoms with E-state index in [1.54, 1.807) is 12.1 Å². The second-order valence-corrected chi connectivity index (χ2v) is 5.07. The first-order valence-corrected chi connectivity index (χ1v) is 6.74. The first-order chi connectivity index (χ1) is 10.3. The van der Waals surface area contributed by atoms with Gasteiger partial charge in [-0.05, 0) is 42.2 Å². The molecule has 2 aromatic rings. The maximum atomic E-state index is 12.1. The van der Waals surface area contributed by atoms with Gasteiger partial charge >= 0.3 is 6.36 Å². The zero-order chi connectivity index (χ0) is 16.2. The molecule has 116 valence electrons. The molecule has 2 aromatic carbocycles. The lowest BCUT2D eigenvalue weighted by Crippen LogP contribution is -2.17. The van der Waals surface area contributed by atoms with Gasteiger partial charge in [0.1, 0.15) is 11.5 Å². The molecule has 0 spiro atoms. The molecule has 0 saturated carbocycles. The Morgan fingerprint density at radius 3 is 2.23 bits per heavy atom. The lowest BCUT2D eigenvalue weighted by Gasteiger charge is -2.09. The maximum absolute atomic E-state index is 12.1. The van der Waals surface area contributed by atoms with E-state index in [0.717, 1.165) is 16.7 Å². The van der Waals surface area contributed by atoms with Crippen molar-refractivity contribution in [2.75, 3.05) is 0 Å². The van der Waals surface area contributed by atoms with Crippen LogP contribution in [-0.2, 0) is 17.6 Å². The van der Waals surface area contributed by atoms with Gasteiger partial charge in [0.25, 0.3) is 0 Å². The fraction of sp³-hybridized carbons (Fsp3) is 0.235. The minimum atomic E-state index is -4.68. The molecule has 2 rings (SSSR count). The van der Waals surface area contributed by atoms with Crippen LogP contribution in [-0.4, -0.2) is 12.1 Å². The lowest BCUT2D eigenvalue weighted by atomic mass is 10.0. The highest BCUT2D eigenvalue weighted by Crippen LogP contribution is 2.23. The minimum Gasteiger partial charge on any atom is -0.406 e. The number of carbonyl (C=O) groups excluding carboxylic acids is 1. The molecule has 5 heteroatoms. The summed E-state index contributed by atoms with van der Waals surface area (Å²) in [4.78, 5) is 11.1. The van der Waals surface area contributed by atoms with Gasteiger partial charge in [-0.2, -0.15) is 0 Å². The van der Waals surface area contributed by atoms with E-state index in [4.69, 9.17) is 0 Å². The first-order valence-electron chi connectivity index (χ1n) is 6.74. The molecule has 0 N–H and O–H groups in total. The van der Waals surface area contributed by atoms with E-state index in [1.807, 2.05) is 24.3 Å². The first kappa shape index (κ1) is 16.1. The summed E-state index contributed by atoms with van der Waals surface area (Å²) in [6, 6.07) is 13.4. The van der Waals surface area contributed by atoms with E-state index >= 15 is 0 Å². The number of benzene rings is 2. The Morgan fingerprint density at radius 1 is 1.00 bits per heavy atom. The molecular formula is C17H15F3O2. The fourth-order valence-electron chi connectivity index (χ4n) is 2.18. The van der Waals surface area contributed by atoms with Crippen LogP contribution >= 0.6 is 0 Å². The average Bonchev–Trinajstić information content (AvgIpc) is 2.39. The second kappa shape index (κ2) is 6.64. The van der Waals surface area contributed by atoms with Crippen LogP contribution in [0.25, 0.3) is 0 Å². The Balaban J connectivity index is 2.06. The van der Waals surface area contributed by atoms with E-state index in [1.165, 1.54) is 19.1 Å². The Hall–Kier alpha value is -2.30. The smallest absolute Gasteiger partial charge is 0.406 e.